The van der Waals surface area contributed by atoms with Gasteiger partial charge in [0.15, 0.2) is 0 Å². The molecule has 1 fully saturated rings. The second-order valence-corrected chi connectivity index (χ2v) is 2.74. The lowest BCUT2D eigenvalue weighted by molar-refractivity contribution is -0.242. The molecule has 4 heteroatoms. The maximum absolute atomic E-state index is 11.3. The van der Waals surface area contributed by atoms with Crippen molar-refractivity contribution in [2.45, 2.75) is 25.0 Å². The van der Waals surface area contributed by atoms with Gasteiger partial charge in [-0.3, -0.25) is 9.63 Å². The van der Waals surface area contributed by atoms with Crippen LogP contribution >= 0.6 is 0 Å². The lowest BCUT2D eigenvalue weighted by Gasteiger charge is -2.32. The van der Waals surface area contributed by atoms with Gasteiger partial charge < -0.3 is 4.74 Å². The van der Waals surface area contributed by atoms with Crippen molar-refractivity contribution in [3.05, 3.63) is 12.7 Å². The number of nitrogens with two attached hydrogens (primary N) is 1. The minimum atomic E-state index is -1.25. The predicted molar refractivity (Wildman–Crippen MR) is 43.0 cm³/mol. The second-order valence-electron chi connectivity index (χ2n) is 2.74. The Labute approximate surface area is 71.3 Å². The molecule has 0 amide bonds. The van der Waals surface area contributed by atoms with E-state index in [1.807, 2.05) is 0 Å². The average Bonchev–Trinajstić information content (AvgIpc) is 2.17. The Hall–Kier alpha value is -0.710. The summed E-state index contributed by atoms with van der Waals surface area (Å²) in [5.41, 5.74) is 0. The lowest BCUT2D eigenvalue weighted by Crippen LogP contribution is -2.47. The minimum Gasteiger partial charge on any atom is -0.342 e. The van der Waals surface area contributed by atoms with Crippen LogP contribution < -0.4 is 5.90 Å². The molecule has 1 aliphatic rings. The molecule has 1 saturated heterocycles. The first-order valence-corrected chi connectivity index (χ1v) is 3.94. The molecule has 12 heavy (non-hydrogen) atoms. The second kappa shape index (κ2) is 3.80. The third-order valence-corrected chi connectivity index (χ3v) is 1.99. The van der Waals surface area contributed by atoms with Crippen LogP contribution in [0.1, 0.15) is 19.3 Å². The molecular weight excluding hydrogens is 158 g/mol. The highest BCUT2D eigenvalue weighted by molar-refractivity contribution is 5.95. The standard InChI is InChI=1S/C8H13NO3/c1-2-7(10)8(12-9)5-3-4-6-11-8/h2H,1,3-6,9H2. The van der Waals surface area contributed by atoms with Crippen molar-refractivity contribution in [2.75, 3.05) is 6.61 Å². The van der Waals surface area contributed by atoms with E-state index >= 15 is 0 Å². The Balaban J connectivity index is 2.72. The number of carbonyl (C=O) groups is 1. The van der Waals surface area contributed by atoms with Crippen LogP contribution in [0.2, 0.25) is 0 Å². The van der Waals surface area contributed by atoms with E-state index in [9.17, 15) is 4.79 Å². The summed E-state index contributed by atoms with van der Waals surface area (Å²) in [6.45, 7) is 3.87. The summed E-state index contributed by atoms with van der Waals surface area (Å²) in [5, 5.41) is 0. The van der Waals surface area contributed by atoms with Gasteiger partial charge in [0.25, 0.3) is 0 Å². The lowest BCUT2D eigenvalue weighted by atomic mass is 10.0. The summed E-state index contributed by atoms with van der Waals surface area (Å²) < 4.78 is 5.20. The highest BCUT2D eigenvalue weighted by Crippen LogP contribution is 2.25. The van der Waals surface area contributed by atoms with Gasteiger partial charge in [0, 0.05) is 6.42 Å². The quantitative estimate of drug-likeness (QED) is 0.497. The van der Waals surface area contributed by atoms with Crippen LogP contribution in [0.15, 0.2) is 12.7 Å². The molecule has 0 bridgehead atoms. The van der Waals surface area contributed by atoms with Crippen molar-refractivity contribution in [1.29, 1.82) is 0 Å². The number of ketones is 1. The first kappa shape index (κ1) is 9.38. The smallest absolute Gasteiger partial charge is 0.250 e. The van der Waals surface area contributed by atoms with Gasteiger partial charge in [-0.15, -0.1) is 0 Å². The highest BCUT2D eigenvalue weighted by atomic mass is 16.8. The van der Waals surface area contributed by atoms with Gasteiger partial charge in [0.2, 0.25) is 11.6 Å². The molecule has 4 nitrogen and oxygen atoms in total. The Kier molecular flexibility index (Phi) is 2.97. The van der Waals surface area contributed by atoms with Crippen molar-refractivity contribution < 1.29 is 14.4 Å². The van der Waals surface area contributed by atoms with Gasteiger partial charge in [-0.2, -0.15) is 0 Å². The van der Waals surface area contributed by atoms with Gasteiger partial charge >= 0.3 is 0 Å². The van der Waals surface area contributed by atoms with E-state index in [1.54, 1.807) is 0 Å². The first-order valence-electron chi connectivity index (χ1n) is 3.94. The van der Waals surface area contributed by atoms with E-state index in [1.165, 1.54) is 6.08 Å². The zero-order valence-corrected chi connectivity index (χ0v) is 6.91. The number of ether oxygens (including phenoxy) is 1. The van der Waals surface area contributed by atoms with Crippen LogP contribution in [-0.4, -0.2) is 18.2 Å². The molecule has 2 N–H and O–H groups in total. The first-order chi connectivity index (χ1) is 5.75. The largest absolute Gasteiger partial charge is 0.342 e. The summed E-state index contributed by atoms with van der Waals surface area (Å²) in [7, 11) is 0. The zero-order valence-electron chi connectivity index (χ0n) is 6.91. The summed E-state index contributed by atoms with van der Waals surface area (Å²) in [6, 6.07) is 0. The molecular formula is C8H13NO3. The predicted octanol–water partition coefficient (Wildman–Crippen LogP) is 0.529. The fourth-order valence-corrected chi connectivity index (χ4v) is 1.27. The molecule has 1 unspecified atom stereocenters. The summed E-state index contributed by atoms with van der Waals surface area (Å²) in [5.74, 6) is 3.47. The molecule has 0 saturated carbocycles. The van der Waals surface area contributed by atoms with Crippen LogP contribution in [0.4, 0.5) is 0 Å². The monoisotopic (exact) mass is 171 g/mol. The molecule has 0 aliphatic carbocycles. The molecule has 0 spiro atoms. The molecule has 0 aromatic rings. The van der Waals surface area contributed by atoms with E-state index in [0.717, 1.165) is 12.8 Å². The van der Waals surface area contributed by atoms with Crippen LogP contribution in [0.5, 0.6) is 0 Å². The molecule has 68 valence electrons. The van der Waals surface area contributed by atoms with E-state index in [0.29, 0.717) is 13.0 Å². The van der Waals surface area contributed by atoms with Crippen LogP contribution in [-0.2, 0) is 14.4 Å². The maximum Gasteiger partial charge on any atom is 0.250 e. The third kappa shape index (κ3) is 1.55. The van der Waals surface area contributed by atoms with Crippen molar-refractivity contribution in [3.63, 3.8) is 0 Å². The molecule has 0 aromatic heterocycles. The van der Waals surface area contributed by atoms with Gasteiger partial charge in [-0.05, 0) is 18.9 Å². The molecule has 1 rings (SSSR count). The number of hydrogen-bond acceptors (Lipinski definition) is 4. The van der Waals surface area contributed by atoms with E-state index in [2.05, 4.69) is 11.4 Å². The Morgan fingerprint density at radius 2 is 2.42 bits per heavy atom. The summed E-state index contributed by atoms with van der Waals surface area (Å²) in [6.07, 6.45) is 3.51. The van der Waals surface area contributed by atoms with Gasteiger partial charge in [-0.1, -0.05) is 6.58 Å². The van der Waals surface area contributed by atoms with Crippen LogP contribution in [0.25, 0.3) is 0 Å². The van der Waals surface area contributed by atoms with E-state index in [4.69, 9.17) is 10.6 Å². The van der Waals surface area contributed by atoms with Crippen molar-refractivity contribution in [1.82, 2.24) is 0 Å². The molecule has 1 heterocycles. The number of carbonyl (C=O) groups excluding carboxylic acids is 1. The zero-order chi connectivity index (χ0) is 9.03. The van der Waals surface area contributed by atoms with Crippen molar-refractivity contribution in [3.8, 4) is 0 Å². The Morgan fingerprint density at radius 3 is 2.83 bits per heavy atom. The van der Waals surface area contributed by atoms with Gasteiger partial charge in [-0.25, -0.2) is 5.90 Å². The van der Waals surface area contributed by atoms with Crippen LogP contribution in [0, 0.1) is 0 Å². The SMILES string of the molecule is C=CC(=O)C1(ON)CCCCO1. The Morgan fingerprint density at radius 1 is 1.67 bits per heavy atom. The van der Waals surface area contributed by atoms with Crippen molar-refractivity contribution in [2.24, 2.45) is 5.90 Å². The molecule has 0 aromatic carbocycles. The maximum atomic E-state index is 11.3. The van der Waals surface area contributed by atoms with Crippen LogP contribution in [0.3, 0.4) is 0 Å². The Bertz CT molecular complexity index is 185. The summed E-state index contributed by atoms with van der Waals surface area (Å²) in [4.78, 5) is 15.9. The van der Waals surface area contributed by atoms with E-state index in [-0.39, 0.29) is 5.78 Å². The number of rotatable bonds is 3. The fraction of sp³-hybridized carbons (Fsp3) is 0.625. The van der Waals surface area contributed by atoms with Gasteiger partial charge in [0.1, 0.15) is 0 Å². The summed E-state index contributed by atoms with van der Waals surface area (Å²) >= 11 is 0. The highest BCUT2D eigenvalue weighted by Gasteiger charge is 2.40. The molecule has 1 atom stereocenters. The topological polar surface area (TPSA) is 61.5 Å². The minimum absolute atomic E-state index is 0.301. The fourth-order valence-electron chi connectivity index (χ4n) is 1.27. The van der Waals surface area contributed by atoms with Gasteiger partial charge in [0.05, 0.1) is 6.61 Å². The number of hydrogen-bond donors (Lipinski definition) is 1. The molecule has 1 aliphatic heterocycles. The molecule has 0 radical (unpaired) electrons. The normalized spacial score (nSPS) is 29.8. The third-order valence-electron chi connectivity index (χ3n) is 1.99. The van der Waals surface area contributed by atoms with Crippen molar-refractivity contribution >= 4 is 5.78 Å². The van der Waals surface area contributed by atoms with E-state index < -0.39 is 5.79 Å². The average molecular weight is 171 g/mol.